The van der Waals surface area contributed by atoms with Crippen LogP contribution in [0.4, 0.5) is 0 Å². The summed E-state index contributed by atoms with van der Waals surface area (Å²) in [7, 11) is 0. The van der Waals surface area contributed by atoms with Crippen LogP contribution in [0, 0.1) is 13.8 Å². The molecule has 0 radical (unpaired) electrons. The fraction of sp³-hybridized carbons (Fsp3) is 0.500. The van der Waals surface area contributed by atoms with Gasteiger partial charge >= 0.3 is 0 Å². The molecule has 0 aliphatic carbocycles. The van der Waals surface area contributed by atoms with Gasteiger partial charge in [0.05, 0.1) is 16.7 Å². The van der Waals surface area contributed by atoms with Crippen LogP contribution in [-0.4, -0.2) is 19.7 Å². The van der Waals surface area contributed by atoms with E-state index in [1.54, 1.807) is 11.4 Å². The van der Waals surface area contributed by atoms with Crippen molar-refractivity contribution in [2.45, 2.75) is 26.9 Å². The number of aliphatic hydroxyl groups is 1. The lowest BCUT2D eigenvalue weighted by atomic mass is 10.3. The molecular formula is C8H11N3OS. The van der Waals surface area contributed by atoms with Crippen molar-refractivity contribution in [2.75, 3.05) is 0 Å². The van der Waals surface area contributed by atoms with Crippen LogP contribution in [0.15, 0.2) is 0 Å². The molecule has 2 heterocycles. The Bertz CT molecular complexity index is 443. The standard InChI is InChI=1S/C8H11N3OS/c1-4-7(5(2)12)13-8-9-6(3)10-11(4)8/h5,12H,1-3H3. The van der Waals surface area contributed by atoms with Crippen molar-refractivity contribution in [2.24, 2.45) is 0 Å². The second-order valence-corrected chi connectivity index (χ2v) is 4.09. The van der Waals surface area contributed by atoms with Gasteiger partial charge in [-0.25, -0.2) is 9.50 Å². The van der Waals surface area contributed by atoms with Gasteiger partial charge in [0.1, 0.15) is 5.82 Å². The summed E-state index contributed by atoms with van der Waals surface area (Å²) in [6.45, 7) is 5.56. The minimum Gasteiger partial charge on any atom is -0.388 e. The van der Waals surface area contributed by atoms with E-state index in [2.05, 4.69) is 10.1 Å². The molecule has 0 bridgehead atoms. The summed E-state index contributed by atoms with van der Waals surface area (Å²) < 4.78 is 1.78. The molecule has 0 amide bonds. The van der Waals surface area contributed by atoms with Gasteiger partial charge < -0.3 is 5.11 Å². The van der Waals surface area contributed by atoms with Gasteiger partial charge in [-0.3, -0.25) is 0 Å². The minimum absolute atomic E-state index is 0.436. The molecule has 5 heteroatoms. The molecule has 0 spiro atoms. The zero-order chi connectivity index (χ0) is 9.59. The molecule has 1 unspecified atom stereocenters. The molecule has 0 saturated heterocycles. The lowest BCUT2D eigenvalue weighted by molar-refractivity contribution is 0.202. The third-order valence-electron chi connectivity index (χ3n) is 1.94. The Balaban J connectivity index is 2.69. The number of thiazole rings is 1. The summed E-state index contributed by atoms with van der Waals surface area (Å²) in [5.41, 5.74) is 0.982. The Morgan fingerprint density at radius 2 is 2.15 bits per heavy atom. The highest BCUT2D eigenvalue weighted by Gasteiger charge is 2.14. The number of aryl methyl sites for hydroxylation is 2. The van der Waals surface area contributed by atoms with Crippen molar-refractivity contribution < 1.29 is 5.11 Å². The van der Waals surface area contributed by atoms with Crippen LogP contribution < -0.4 is 0 Å². The number of hydrogen-bond acceptors (Lipinski definition) is 4. The molecule has 4 nitrogen and oxygen atoms in total. The third kappa shape index (κ3) is 1.24. The fourth-order valence-corrected chi connectivity index (χ4v) is 2.39. The van der Waals surface area contributed by atoms with E-state index in [0.29, 0.717) is 0 Å². The number of aliphatic hydroxyl groups excluding tert-OH is 1. The first kappa shape index (κ1) is 8.65. The van der Waals surface area contributed by atoms with Crippen molar-refractivity contribution >= 4 is 16.3 Å². The van der Waals surface area contributed by atoms with Gasteiger partial charge in [-0.05, 0) is 20.8 Å². The first-order valence-electron chi connectivity index (χ1n) is 4.10. The largest absolute Gasteiger partial charge is 0.388 e. The van der Waals surface area contributed by atoms with Crippen LogP contribution in [-0.2, 0) is 0 Å². The number of hydrogen-bond donors (Lipinski definition) is 1. The molecule has 0 saturated carbocycles. The first-order valence-corrected chi connectivity index (χ1v) is 4.92. The van der Waals surface area contributed by atoms with E-state index in [9.17, 15) is 5.11 Å². The summed E-state index contributed by atoms with van der Waals surface area (Å²) in [6, 6.07) is 0. The summed E-state index contributed by atoms with van der Waals surface area (Å²) in [6.07, 6.45) is -0.436. The van der Waals surface area contributed by atoms with Crippen LogP contribution in [0.25, 0.3) is 4.96 Å². The van der Waals surface area contributed by atoms with Crippen molar-refractivity contribution in [1.29, 1.82) is 0 Å². The monoisotopic (exact) mass is 197 g/mol. The highest BCUT2D eigenvalue weighted by molar-refractivity contribution is 7.17. The lowest BCUT2D eigenvalue weighted by Crippen LogP contribution is -1.94. The van der Waals surface area contributed by atoms with Crippen LogP contribution in [0.2, 0.25) is 0 Å². The second kappa shape index (κ2) is 2.78. The minimum atomic E-state index is -0.436. The van der Waals surface area contributed by atoms with Gasteiger partial charge in [0, 0.05) is 0 Å². The Morgan fingerprint density at radius 1 is 1.46 bits per heavy atom. The molecule has 0 aliphatic heterocycles. The zero-order valence-electron chi connectivity index (χ0n) is 7.77. The van der Waals surface area contributed by atoms with Crippen LogP contribution in [0.3, 0.4) is 0 Å². The molecule has 2 aromatic rings. The average Bonchev–Trinajstić information content (AvgIpc) is 2.51. The normalized spacial score (nSPS) is 13.8. The summed E-state index contributed by atoms with van der Waals surface area (Å²) in [4.78, 5) is 6.03. The first-order chi connectivity index (χ1) is 6.09. The van der Waals surface area contributed by atoms with Crippen molar-refractivity contribution in [3.8, 4) is 0 Å². The number of nitrogens with zero attached hydrogens (tertiary/aromatic N) is 3. The highest BCUT2D eigenvalue weighted by atomic mass is 32.1. The van der Waals surface area contributed by atoms with Gasteiger partial charge in [-0.1, -0.05) is 11.3 Å². The quantitative estimate of drug-likeness (QED) is 0.753. The lowest BCUT2D eigenvalue weighted by Gasteiger charge is -1.99. The third-order valence-corrected chi connectivity index (χ3v) is 3.24. The predicted molar refractivity (Wildman–Crippen MR) is 51.0 cm³/mol. The van der Waals surface area contributed by atoms with Gasteiger partial charge in [0.15, 0.2) is 0 Å². The summed E-state index contributed by atoms with van der Waals surface area (Å²) in [5, 5.41) is 13.7. The van der Waals surface area contributed by atoms with E-state index in [-0.39, 0.29) is 0 Å². The Morgan fingerprint density at radius 3 is 2.69 bits per heavy atom. The van der Waals surface area contributed by atoms with Gasteiger partial charge in [0.25, 0.3) is 0 Å². The summed E-state index contributed by atoms with van der Waals surface area (Å²) in [5.74, 6) is 0.770. The van der Waals surface area contributed by atoms with E-state index < -0.39 is 6.10 Å². The molecule has 2 rings (SSSR count). The molecule has 0 aliphatic rings. The van der Waals surface area contributed by atoms with Crippen LogP contribution in [0.1, 0.15) is 29.4 Å². The molecule has 2 aromatic heterocycles. The van der Waals surface area contributed by atoms with Gasteiger partial charge in [0.2, 0.25) is 4.96 Å². The van der Waals surface area contributed by atoms with E-state index in [1.165, 1.54) is 11.3 Å². The van der Waals surface area contributed by atoms with Crippen molar-refractivity contribution in [1.82, 2.24) is 14.6 Å². The maximum absolute atomic E-state index is 9.43. The SMILES string of the molecule is Cc1nc2sc(C(C)O)c(C)n2n1. The maximum atomic E-state index is 9.43. The zero-order valence-corrected chi connectivity index (χ0v) is 8.59. The van der Waals surface area contributed by atoms with Crippen molar-refractivity contribution in [3.63, 3.8) is 0 Å². The van der Waals surface area contributed by atoms with Crippen LogP contribution in [0.5, 0.6) is 0 Å². The molecule has 0 fully saturated rings. The molecule has 0 aromatic carbocycles. The van der Waals surface area contributed by atoms with Gasteiger partial charge in [-0.2, -0.15) is 5.10 Å². The van der Waals surface area contributed by atoms with E-state index >= 15 is 0 Å². The molecule has 13 heavy (non-hydrogen) atoms. The van der Waals surface area contributed by atoms with E-state index in [4.69, 9.17) is 0 Å². The number of rotatable bonds is 1. The number of fused-ring (bicyclic) bond motifs is 1. The Kier molecular flexibility index (Phi) is 1.85. The number of aromatic nitrogens is 3. The molecule has 1 N–H and O–H groups in total. The Hall–Kier alpha value is -0.940. The van der Waals surface area contributed by atoms with Crippen molar-refractivity contribution in [3.05, 3.63) is 16.4 Å². The molecule has 1 atom stereocenters. The van der Waals surface area contributed by atoms with Crippen LogP contribution >= 0.6 is 11.3 Å². The second-order valence-electron chi connectivity index (χ2n) is 3.08. The fourth-order valence-electron chi connectivity index (χ4n) is 1.34. The molecule has 70 valence electrons. The Labute approximate surface area is 79.9 Å². The van der Waals surface area contributed by atoms with Gasteiger partial charge in [-0.15, -0.1) is 0 Å². The van der Waals surface area contributed by atoms with E-state index in [1.807, 2.05) is 13.8 Å². The smallest absolute Gasteiger partial charge is 0.212 e. The maximum Gasteiger partial charge on any atom is 0.212 e. The topological polar surface area (TPSA) is 50.4 Å². The van der Waals surface area contributed by atoms with E-state index in [0.717, 1.165) is 21.4 Å². The highest BCUT2D eigenvalue weighted by Crippen LogP contribution is 2.26. The summed E-state index contributed by atoms with van der Waals surface area (Å²) >= 11 is 1.49. The predicted octanol–water partition coefficient (Wildman–Crippen LogP) is 1.46. The average molecular weight is 197 g/mol. The molecular weight excluding hydrogens is 186 g/mol.